The number of carbonyl (C=O) groups is 2. The molecule has 3 amide bonds. The highest BCUT2D eigenvalue weighted by molar-refractivity contribution is 6.34. The number of urea groups is 1. The highest BCUT2D eigenvalue weighted by Crippen LogP contribution is 2.37. The number of aromatic nitrogens is 1. The average molecular weight is 478 g/mol. The molecule has 0 saturated carbocycles. The third-order valence-corrected chi connectivity index (χ3v) is 4.91. The van der Waals surface area contributed by atoms with Crippen LogP contribution in [0.4, 0.5) is 23.7 Å². The number of hydrogen-bond acceptors (Lipinski definition) is 4. The molecule has 3 aromatic rings. The number of aryl methyl sites for hydroxylation is 2. The second-order valence-corrected chi connectivity index (χ2v) is 7.54. The molecule has 0 saturated heterocycles. The Labute approximate surface area is 192 Å². The maximum atomic E-state index is 13.5. The fraction of sp³-hybridized carbons (Fsp3) is 0.174. The van der Waals surface area contributed by atoms with Crippen molar-refractivity contribution < 1.29 is 27.5 Å². The van der Waals surface area contributed by atoms with Gasteiger partial charge in [-0.3, -0.25) is 10.1 Å². The zero-order chi connectivity index (χ0) is 24.2. The fourth-order valence-corrected chi connectivity index (χ4v) is 3.37. The number of carbonyl (C=O) groups excluding carboxylic acids is 2. The first-order valence-corrected chi connectivity index (χ1v) is 10.1. The van der Waals surface area contributed by atoms with Gasteiger partial charge in [0.25, 0.3) is 5.91 Å². The summed E-state index contributed by atoms with van der Waals surface area (Å²) < 4.78 is 45.8. The summed E-state index contributed by atoms with van der Waals surface area (Å²) in [6.45, 7) is 3.16. The highest BCUT2D eigenvalue weighted by atomic mass is 35.5. The predicted octanol–water partition coefficient (Wildman–Crippen LogP) is 6.00. The van der Waals surface area contributed by atoms with Crippen molar-refractivity contribution in [1.82, 2.24) is 10.3 Å². The number of amides is 3. The van der Waals surface area contributed by atoms with Crippen molar-refractivity contribution in [2.45, 2.75) is 26.1 Å². The Hall–Kier alpha value is -3.59. The predicted molar refractivity (Wildman–Crippen MR) is 118 cm³/mol. The van der Waals surface area contributed by atoms with Gasteiger partial charge in [0.05, 0.1) is 22.5 Å². The molecular formula is C23H19ClF3N3O3. The van der Waals surface area contributed by atoms with E-state index in [1.165, 1.54) is 43.3 Å². The Kier molecular flexibility index (Phi) is 7.23. The first-order chi connectivity index (χ1) is 15.6. The van der Waals surface area contributed by atoms with Crippen molar-refractivity contribution >= 4 is 29.2 Å². The molecular weight excluding hydrogens is 459 g/mol. The SMILES string of the molecule is Cc1cc(NC(=O)NC(=O)c2c(C)cccc2Cl)cnc1OC(c1ccccc1)C(F)(F)F. The van der Waals surface area contributed by atoms with Crippen LogP contribution in [0.5, 0.6) is 5.88 Å². The largest absolute Gasteiger partial charge is 0.460 e. The number of hydrogen-bond donors (Lipinski definition) is 2. The van der Waals surface area contributed by atoms with E-state index in [1.54, 1.807) is 25.1 Å². The monoisotopic (exact) mass is 477 g/mol. The summed E-state index contributed by atoms with van der Waals surface area (Å²) in [6.07, 6.45) is -5.74. The van der Waals surface area contributed by atoms with Crippen molar-refractivity contribution in [3.8, 4) is 5.88 Å². The molecule has 2 aromatic carbocycles. The molecule has 33 heavy (non-hydrogen) atoms. The van der Waals surface area contributed by atoms with E-state index in [4.69, 9.17) is 16.3 Å². The molecule has 1 aromatic heterocycles. The minimum absolute atomic E-state index is 0.0684. The zero-order valence-corrected chi connectivity index (χ0v) is 18.3. The number of anilines is 1. The van der Waals surface area contributed by atoms with Gasteiger partial charge in [-0.05, 0) is 31.5 Å². The summed E-state index contributed by atoms with van der Waals surface area (Å²) in [4.78, 5) is 28.5. The summed E-state index contributed by atoms with van der Waals surface area (Å²) in [5.41, 5.74) is 1.09. The van der Waals surface area contributed by atoms with Gasteiger partial charge in [0.1, 0.15) is 0 Å². The molecule has 3 rings (SSSR count). The summed E-state index contributed by atoms with van der Waals surface area (Å²) in [6, 6.07) is 12.6. The van der Waals surface area contributed by atoms with Crippen LogP contribution in [0.15, 0.2) is 60.8 Å². The van der Waals surface area contributed by atoms with Crippen LogP contribution in [0, 0.1) is 13.8 Å². The second kappa shape index (κ2) is 9.91. The van der Waals surface area contributed by atoms with Gasteiger partial charge in [-0.1, -0.05) is 54.1 Å². The maximum absolute atomic E-state index is 13.5. The lowest BCUT2D eigenvalue weighted by Gasteiger charge is -2.22. The fourth-order valence-electron chi connectivity index (χ4n) is 3.06. The van der Waals surface area contributed by atoms with E-state index >= 15 is 0 Å². The summed E-state index contributed by atoms with van der Waals surface area (Å²) in [5.74, 6) is -0.939. The van der Waals surface area contributed by atoms with Gasteiger partial charge >= 0.3 is 12.2 Å². The van der Waals surface area contributed by atoms with Gasteiger partial charge in [0.2, 0.25) is 12.0 Å². The third kappa shape index (κ3) is 6.01. The van der Waals surface area contributed by atoms with Crippen LogP contribution in [-0.2, 0) is 0 Å². The quantitative estimate of drug-likeness (QED) is 0.472. The number of nitrogens with zero attached hydrogens (tertiary/aromatic N) is 1. The number of halogens is 4. The van der Waals surface area contributed by atoms with E-state index in [1.807, 2.05) is 0 Å². The molecule has 0 spiro atoms. The number of nitrogens with one attached hydrogen (secondary N) is 2. The number of rotatable bonds is 5. The minimum Gasteiger partial charge on any atom is -0.460 e. The van der Waals surface area contributed by atoms with Crippen molar-refractivity contribution in [1.29, 1.82) is 0 Å². The highest BCUT2D eigenvalue weighted by Gasteiger charge is 2.43. The molecule has 0 bridgehead atoms. The number of imide groups is 1. The summed E-state index contributed by atoms with van der Waals surface area (Å²) in [7, 11) is 0. The van der Waals surface area contributed by atoms with Crippen LogP contribution in [0.1, 0.15) is 33.2 Å². The first-order valence-electron chi connectivity index (χ1n) is 9.68. The Morgan fingerprint density at radius 3 is 2.33 bits per heavy atom. The maximum Gasteiger partial charge on any atom is 0.429 e. The van der Waals surface area contributed by atoms with Crippen LogP contribution in [0.2, 0.25) is 5.02 Å². The van der Waals surface area contributed by atoms with E-state index in [0.717, 1.165) is 6.20 Å². The molecule has 10 heteroatoms. The Morgan fingerprint density at radius 2 is 1.73 bits per heavy atom. The lowest BCUT2D eigenvalue weighted by Crippen LogP contribution is -2.35. The van der Waals surface area contributed by atoms with Crippen molar-refractivity contribution in [3.05, 3.63) is 88.1 Å². The topological polar surface area (TPSA) is 80.3 Å². The molecule has 6 nitrogen and oxygen atoms in total. The Balaban J connectivity index is 1.71. The summed E-state index contributed by atoms with van der Waals surface area (Å²) >= 11 is 6.03. The molecule has 1 atom stereocenters. The van der Waals surface area contributed by atoms with E-state index in [0.29, 0.717) is 5.56 Å². The van der Waals surface area contributed by atoms with Crippen molar-refractivity contribution in [3.63, 3.8) is 0 Å². The summed E-state index contributed by atoms with van der Waals surface area (Å²) in [5, 5.41) is 4.76. The number of alkyl halides is 3. The molecule has 0 aliphatic rings. The molecule has 1 heterocycles. The van der Waals surface area contributed by atoms with Gasteiger partial charge in [0.15, 0.2) is 0 Å². The molecule has 0 fully saturated rings. The van der Waals surface area contributed by atoms with Crippen LogP contribution in [-0.4, -0.2) is 23.1 Å². The molecule has 172 valence electrons. The molecule has 0 aliphatic carbocycles. The van der Waals surface area contributed by atoms with Gasteiger partial charge in [-0.2, -0.15) is 13.2 Å². The molecule has 0 radical (unpaired) electrons. The smallest absolute Gasteiger partial charge is 0.429 e. The first kappa shape index (κ1) is 24.1. The third-order valence-electron chi connectivity index (χ3n) is 4.59. The molecule has 2 N–H and O–H groups in total. The van der Waals surface area contributed by atoms with Gasteiger partial charge in [-0.25, -0.2) is 9.78 Å². The van der Waals surface area contributed by atoms with E-state index in [2.05, 4.69) is 15.6 Å². The second-order valence-electron chi connectivity index (χ2n) is 7.14. The minimum atomic E-state index is -4.66. The van der Waals surface area contributed by atoms with Crippen molar-refractivity contribution in [2.75, 3.05) is 5.32 Å². The number of ether oxygens (including phenoxy) is 1. The molecule has 0 aliphatic heterocycles. The Morgan fingerprint density at radius 1 is 1.03 bits per heavy atom. The number of pyridine rings is 1. The lowest BCUT2D eigenvalue weighted by atomic mass is 10.1. The van der Waals surface area contributed by atoms with Crippen LogP contribution in [0.25, 0.3) is 0 Å². The van der Waals surface area contributed by atoms with Crippen molar-refractivity contribution in [2.24, 2.45) is 0 Å². The number of benzene rings is 2. The van der Waals surface area contributed by atoms with Crippen LogP contribution >= 0.6 is 11.6 Å². The van der Waals surface area contributed by atoms with Gasteiger partial charge in [0, 0.05) is 11.1 Å². The zero-order valence-electron chi connectivity index (χ0n) is 17.5. The van der Waals surface area contributed by atoms with Gasteiger partial charge in [-0.15, -0.1) is 0 Å². The van der Waals surface area contributed by atoms with E-state index < -0.39 is 24.2 Å². The average Bonchev–Trinajstić information content (AvgIpc) is 2.72. The normalized spacial score (nSPS) is 12.1. The van der Waals surface area contributed by atoms with Crippen LogP contribution < -0.4 is 15.4 Å². The Bertz CT molecular complexity index is 1150. The standard InChI is InChI=1S/C23H19ClF3N3O3/c1-13-7-6-10-17(24)18(13)20(31)30-22(32)29-16-11-14(2)21(28-12-16)33-19(23(25,26)27)15-8-4-3-5-9-15/h3-12,19H,1-2H3,(H2,29,30,31,32). The van der Waals surface area contributed by atoms with Crippen LogP contribution in [0.3, 0.4) is 0 Å². The van der Waals surface area contributed by atoms with E-state index in [-0.39, 0.29) is 33.3 Å². The van der Waals surface area contributed by atoms with E-state index in [9.17, 15) is 22.8 Å². The van der Waals surface area contributed by atoms with Gasteiger partial charge < -0.3 is 10.1 Å². The lowest BCUT2D eigenvalue weighted by molar-refractivity contribution is -0.198. The molecule has 1 unspecified atom stereocenters.